The molecule has 1 aliphatic carbocycles. The Labute approximate surface area is 132 Å². The average Bonchev–Trinajstić information content (AvgIpc) is 2.50. The van der Waals surface area contributed by atoms with Crippen LogP contribution in [0.4, 0.5) is 0 Å². The highest BCUT2D eigenvalue weighted by Gasteiger charge is 2.19. The second-order valence-corrected chi connectivity index (χ2v) is 7.31. The van der Waals surface area contributed by atoms with E-state index in [-0.39, 0.29) is 5.78 Å². The van der Waals surface area contributed by atoms with E-state index in [0.29, 0.717) is 11.0 Å². The first-order chi connectivity index (χ1) is 10.0. The molecule has 0 saturated heterocycles. The summed E-state index contributed by atoms with van der Waals surface area (Å²) >= 11 is 1.85. The van der Waals surface area contributed by atoms with Gasteiger partial charge in [0.1, 0.15) is 5.75 Å². The Balaban J connectivity index is 2.08. The van der Waals surface area contributed by atoms with Crippen LogP contribution in [0.5, 0.6) is 5.75 Å². The lowest BCUT2D eigenvalue weighted by Gasteiger charge is -2.21. The fourth-order valence-electron chi connectivity index (χ4n) is 3.17. The normalized spacial score (nSPS) is 16.0. The fourth-order valence-corrected chi connectivity index (χ4v) is 4.37. The molecule has 0 radical (unpaired) electrons. The number of carbonyl (C=O) groups is 1. The van der Waals surface area contributed by atoms with E-state index >= 15 is 0 Å². The van der Waals surface area contributed by atoms with E-state index in [0.717, 1.165) is 28.0 Å². The van der Waals surface area contributed by atoms with Crippen molar-refractivity contribution < 1.29 is 9.53 Å². The maximum atomic E-state index is 12.6. The van der Waals surface area contributed by atoms with Gasteiger partial charge in [-0.05, 0) is 56.4 Å². The van der Waals surface area contributed by atoms with Crippen LogP contribution in [0.2, 0.25) is 0 Å². The molecule has 2 nitrogen and oxygen atoms in total. The molecule has 0 heterocycles. The third kappa shape index (κ3) is 3.82. The van der Waals surface area contributed by atoms with Crippen LogP contribution >= 0.6 is 11.8 Å². The standard InChI is InChI=1S/C18H26O2S/c1-12-10-16(13(2)14(3)18(12)20-4)17(19)11-21-15-8-6-5-7-9-15/h10,15H,5-9,11H2,1-4H3. The summed E-state index contributed by atoms with van der Waals surface area (Å²) in [6.45, 7) is 6.07. The third-order valence-electron chi connectivity index (χ3n) is 4.53. The summed E-state index contributed by atoms with van der Waals surface area (Å²) in [7, 11) is 1.69. The molecule has 116 valence electrons. The van der Waals surface area contributed by atoms with E-state index in [1.54, 1.807) is 7.11 Å². The zero-order valence-corrected chi connectivity index (χ0v) is 14.4. The van der Waals surface area contributed by atoms with Crippen LogP contribution in [0.1, 0.15) is 59.2 Å². The summed E-state index contributed by atoms with van der Waals surface area (Å²) in [5, 5.41) is 0.684. The van der Waals surface area contributed by atoms with Gasteiger partial charge in [-0.1, -0.05) is 19.3 Å². The largest absolute Gasteiger partial charge is 0.496 e. The number of carbonyl (C=O) groups excluding carboxylic acids is 1. The maximum Gasteiger partial charge on any atom is 0.173 e. The lowest BCUT2D eigenvalue weighted by Crippen LogP contribution is -2.13. The molecule has 1 aliphatic rings. The number of Topliss-reactive ketones (excluding diaryl/α,β-unsaturated/α-hetero) is 1. The van der Waals surface area contributed by atoms with Crippen molar-refractivity contribution >= 4 is 17.5 Å². The Morgan fingerprint density at radius 1 is 1.19 bits per heavy atom. The van der Waals surface area contributed by atoms with Crippen LogP contribution in [0.15, 0.2) is 6.07 Å². The van der Waals surface area contributed by atoms with Gasteiger partial charge < -0.3 is 4.74 Å². The zero-order valence-electron chi connectivity index (χ0n) is 13.6. The lowest BCUT2D eigenvalue weighted by atomic mass is 9.96. The molecule has 1 saturated carbocycles. The van der Waals surface area contributed by atoms with E-state index in [2.05, 4.69) is 0 Å². The minimum absolute atomic E-state index is 0.261. The summed E-state index contributed by atoms with van der Waals surface area (Å²) in [5.74, 6) is 1.78. The van der Waals surface area contributed by atoms with E-state index in [9.17, 15) is 4.79 Å². The quantitative estimate of drug-likeness (QED) is 0.726. The predicted molar refractivity (Wildman–Crippen MR) is 90.9 cm³/mol. The number of rotatable bonds is 5. The van der Waals surface area contributed by atoms with Crippen molar-refractivity contribution in [3.63, 3.8) is 0 Å². The number of aryl methyl sites for hydroxylation is 1. The fraction of sp³-hybridized carbons (Fsp3) is 0.611. The zero-order chi connectivity index (χ0) is 15.4. The summed E-state index contributed by atoms with van der Waals surface area (Å²) in [4.78, 5) is 12.6. The van der Waals surface area contributed by atoms with E-state index in [4.69, 9.17) is 4.74 Å². The Kier molecular flexibility index (Phi) is 5.74. The number of hydrogen-bond acceptors (Lipinski definition) is 3. The van der Waals surface area contributed by atoms with Gasteiger partial charge in [-0.15, -0.1) is 0 Å². The molecule has 0 unspecified atom stereocenters. The van der Waals surface area contributed by atoms with Gasteiger partial charge in [0.05, 0.1) is 12.9 Å². The highest BCUT2D eigenvalue weighted by atomic mass is 32.2. The van der Waals surface area contributed by atoms with Crippen LogP contribution in [0.25, 0.3) is 0 Å². The van der Waals surface area contributed by atoms with Crippen molar-refractivity contribution in [2.75, 3.05) is 12.9 Å². The van der Waals surface area contributed by atoms with E-state index in [1.807, 2.05) is 38.6 Å². The molecule has 1 fully saturated rings. The summed E-state index contributed by atoms with van der Waals surface area (Å²) < 4.78 is 5.43. The van der Waals surface area contributed by atoms with Gasteiger partial charge in [0.15, 0.2) is 5.78 Å². The van der Waals surface area contributed by atoms with Crippen molar-refractivity contribution in [3.8, 4) is 5.75 Å². The molecule has 0 aliphatic heterocycles. The Hall–Kier alpha value is -0.960. The third-order valence-corrected chi connectivity index (χ3v) is 5.90. The molecular weight excluding hydrogens is 280 g/mol. The molecule has 0 aromatic heterocycles. The Morgan fingerprint density at radius 3 is 2.48 bits per heavy atom. The highest BCUT2D eigenvalue weighted by Crippen LogP contribution is 2.31. The first-order valence-electron chi connectivity index (χ1n) is 7.84. The van der Waals surface area contributed by atoms with Crippen molar-refractivity contribution in [2.45, 2.75) is 58.1 Å². The minimum atomic E-state index is 0.261. The number of benzene rings is 1. The first kappa shape index (κ1) is 16.4. The van der Waals surface area contributed by atoms with Gasteiger partial charge in [-0.3, -0.25) is 4.79 Å². The molecule has 0 atom stereocenters. The second-order valence-electron chi connectivity index (χ2n) is 6.02. The van der Waals surface area contributed by atoms with Crippen molar-refractivity contribution in [3.05, 3.63) is 28.3 Å². The van der Waals surface area contributed by atoms with Gasteiger partial charge in [-0.25, -0.2) is 0 Å². The van der Waals surface area contributed by atoms with Crippen LogP contribution in [-0.2, 0) is 0 Å². The molecule has 1 aromatic carbocycles. The predicted octanol–water partition coefficient (Wildman–Crippen LogP) is 4.87. The van der Waals surface area contributed by atoms with Crippen LogP contribution in [-0.4, -0.2) is 23.9 Å². The Bertz CT molecular complexity index is 516. The molecule has 0 spiro atoms. The highest BCUT2D eigenvalue weighted by molar-refractivity contribution is 8.00. The average molecular weight is 306 g/mol. The molecule has 3 heteroatoms. The topological polar surface area (TPSA) is 26.3 Å². The van der Waals surface area contributed by atoms with Gasteiger partial charge in [0.2, 0.25) is 0 Å². The summed E-state index contributed by atoms with van der Waals surface area (Å²) in [6.07, 6.45) is 6.56. The summed E-state index contributed by atoms with van der Waals surface area (Å²) in [5.41, 5.74) is 4.07. The SMILES string of the molecule is COc1c(C)cc(C(=O)CSC2CCCCC2)c(C)c1C. The van der Waals surface area contributed by atoms with Crippen molar-refractivity contribution in [1.29, 1.82) is 0 Å². The molecule has 1 aromatic rings. The van der Waals surface area contributed by atoms with Crippen LogP contribution in [0.3, 0.4) is 0 Å². The smallest absolute Gasteiger partial charge is 0.173 e. The van der Waals surface area contributed by atoms with Gasteiger partial charge >= 0.3 is 0 Å². The minimum Gasteiger partial charge on any atom is -0.496 e. The number of thioether (sulfide) groups is 1. The summed E-state index contributed by atoms with van der Waals surface area (Å²) in [6, 6.07) is 1.99. The van der Waals surface area contributed by atoms with Crippen molar-refractivity contribution in [1.82, 2.24) is 0 Å². The van der Waals surface area contributed by atoms with Crippen LogP contribution < -0.4 is 4.74 Å². The van der Waals surface area contributed by atoms with Gasteiger partial charge in [-0.2, -0.15) is 11.8 Å². The number of ether oxygens (including phenoxy) is 1. The molecule has 0 amide bonds. The molecular formula is C18H26O2S. The number of methoxy groups -OCH3 is 1. The number of hydrogen-bond donors (Lipinski definition) is 0. The van der Waals surface area contributed by atoms with E-state index in [1.165, 1.54) is 32.1 Å². The van der Waals surface area contributed by atoms with Crippen molar-refractivity contribution in [2.24, 2.45) is 0 Å². The molecule has 0 bridgehead atoms. The maximum absolute atomic E-state index is 12.6. The lowest BCUT2D eigenvalue weighted by molar-refractivity contribution is 0.102. The molecule has 2 rings (SSSR count). The monoisotopic (exact) mass is 306 g/mol. The van der Waals surface area contributed by atoms with E-state index < -0.39 is 0 Å². The molecule has 0 N–H and O–H groups in total. The Morgan fingerprint density at radius 2 is 1.86 bits per heavy atom. The number of ketones is 1. The van der Waals surface area contributed by atoms with Gasteiger partial charge in [0, 0.05) is 10.8 Å². The first-order valence-corrected chi connectivity index (χ1v) is 8.89. The molecule has 21 heavy (non-hydrogen) atoms. The van der Waals surface area contributed by atoms with Crippen LogP contribution in [0, 0.1) is 20.8 Å². The van der Waals surface area contributed by atoms with Gasteiger partial charge in [0.25, 0.3) is 0 Å². The second kappa shape index (κ2) is 7.35.